The molecule has 0 aliphatic heterocycles. The Bertz CT molecular complexity index is 1360. The maximum atomic E-state index is 12.5. The topological polar surface area (TPSA) is 158 Å². The lowest BCUT2D eigenvalue weighted by Gasteiger charge is -2.19. The molecule has 1 heterocycles. The molecule has 0 fully saturated rings. The number of nitrogens with one attached hydrogen (secondary N) is 1. The van der Waals surface area contributed by atoms with Gasteiger partial charge in [0, 0.05) is 12.5 Å². The number of halogens is 3. The lowest BCUT2D eigenvalue weighted by molar-refractivity contribution is -0.192. The van der Waals surface area contributed by atoms with Gasteiger partial charge in [-0.1, -0.05) is 66.1 Å². The Morgan fingerprint density at radius 3 is 1.95 bits per heavy atom. The third kappa shape index (κ3) is 9.65. The number of carboxylic acid groups (broad SMARTS) is 1. The summed E-state index contributed by atoms with van der Waals surface area (Å²) in [6.07, 6.45) is -4.47. The number of carbonyl (C=O) groups is 3. The molecule has 3 rings (SSSR count). The molecule has 0 radical (unpaired) electrons. The van der Waals surface area contributed by atoms with Crippen LogP contribution in [-0.4, -0.2) is 45.1 Å². The van der Waals surface area contributed by atoms with E-state index in [0.29, 0.717) is 6.42 Å². The van der Waals surface area contributed by atoms with Crippen molar-refractivity contribution in [3.8, 4) is 10.4 Å². The first-order valence-electron chi connectivity index (χ1n) is 12.0. The Morgan fingerprint density at radius 1 is 0.975 bits per heavy atom. The predicted octanol–water partition coefficient (Wildman–Crippen LogP) is 3.05. The van der Waals surface area contributed by atoms with E-state index < -0.39 is 36.0 Å². The summed E-state index contributed by atoms with van der Waals surface area (Å²) in [6.45, 7) is 5.96. The van der Waals surface area contributed by atoms with E-state index in [2.05, 4.69) is 5.32 Å². The van der Waals surface area contributed by atoms with Crippen LogP contribution in [0.2, 0.25) is 0 Å². The van der Waals surface area contributed by atoms with Crippen LogP contribution in [0.4, 0.5) is 13.2 Å². The molecular weight excluding hydrogens is 549 g/mol. The van der Waals surface area contributed by atoms with Crippen molar-refractivity contribution in [1.29, 1.82) is 0 Å². The van der Waals surface area contributed by atoms with Crippen LogP contribution in [0.25, 0.3) is 10.4 Å². The highest BCUT2D eigenvalue weighted by atomic mass is 32.1. The molecule has 6 N–H and O–H groups in total. The number of rotatable bonds is 8. The second-order valence-corrected chi connectivity index (χ2v) is 10.9. The van der Waals surface area contributed by atoms with Crippen LogP contribution in [-0.2, 0) is 32.8 Å². The smallest absolute Gasteiger partial charge is 0.475 e. The monoisotopic (exact) mass is 580 g/mol. The minimum atomic E-state index is -5.08. The number of alkyl halides is 3. The number of amides is 2. The average molecular weight is 581 g/mol. The minimum absolute atomic E-state index is 0.0325. The van der Waals surface area contributed by atoms with E-state index >= 15 is 0 Å². The Balaban J connectivity index is 0.000000708. The fourth-order valence-corrected chi connectivity index (χ4v) is 4.46. The van der Waals surface area contributed by atoms with Gasteiger partial charge in [0.05, 0.1) is 16.5 Å². The second kappa shape index (κ2) is 13.4. The van der Waals surface area contributed by atoms with Crippen LogP contribution in [0.1, 0.15) is 31.9 Å². The predicted molar refractivity (Wildman–Crippen MR) is 146 cm³/mol. The molecule has 2 amide bonds. The van der Waals surface area contributed by atoms with Crippen LogP contribution in [0, 0.1) is 0 Å². The summed E-state index contributed by atoms with van der Waals surface area (Å²) in [5.41, 5.74) is 13.9. The molecule has 216 valence electrons. The first kappa shape index (κ1) is 32.2. The van der Waals surface area contributed by atoms with Crippen molar-refractivity contribution in [3.63, 3.8) is 0 Å². The van der Waals surface area contributed by atoms with Crippen molar-refractivity contribution in [2.45, 2.75) is 57.4 Å². The summed E-state index contributed by atoms with van der Waals surface area (Å²) in [6, 6.07) is 16.9. The Labute approximate surface area is 232 Å². The van der Waals surface area contributed by atoms with E-state index in [0.717, 1.165) is 21.6 Å². The van der Waals surface area contributed by atoms with E-state index in [1.165, 1.54) is 11.5 Å². The van der Waals surface area contributed by atoms with Gasteiger partial charge < -0.3 is 21.9 Å². The summed E-state index contributed by atoms with van der Waals surface area (Å²) in [5.74, 6) is -3.81. The van der Waals surface area contributed by atoms with E-state index in [4.69, 9.17) is 21.4 Å². The van der Waals surface area contributed by atoms with Crippen LogP contribution >= 0.6 is 11.5 Å². The molecule has 0 saturated heterocycles. The third-order valence-corrected chi connectivity index (χ3v) is 6.93. The third-order valence-electron chi connectivity index (χ3n) is 5.47. The summed E-state index contributed by atoms with van der Waals surface area (Å²) in [5, 5.41) is 9.80. The van der Waals surface area contributed by atoms with Gasteiger partial charge in [-0.15, -0.1) is 0 Å². The number of benzene rings is 2. The second-order valence-electron chi connectivity index (χ2n) is 9.87. The molecule has 0 saturated carbocycles. The van der Waals surface area contributed by atoms with E-state index in [9.17, 15) is 27.6 Å². The van der Waals surface area contributed by atoms with Gasteiger partial charge >= 0.3 is 12.1 Å². The van der Waals surface area contributed by atoms with Gasteiger partial charge in [0.15, 0.2) is 0 Å². The zero-order valence-electron chi connectivity index (χ0n) is 22.1. The fraction of sp³-hybridized carbons (Fsp3) is 0.333. The molecule has 0 unspecified atom stereocenters. The van der Waals surface area contributed by atoms with Crippen LogP contribution in [0.5, 0.6) is 0 Å². The average Bonchev–Trinajstić information content (AvgIpc) is 3.26. The maximum Gasteiger partial charge on any atom is 0.490 e. The van der Waals surface area contributed by atoms with Gasteiger partial charge in [0.2, 0.25) is 11.8 Å². The first-order chi connectivity index (χ1) is 18.5. The quantitative estimate of drug-likeness (QED) is 0.321. The molecule has 0 aliphatic carbocycles. The van der Waals surface area contributed by atoms with Gasteiger partial charge in [-0.3, -0.25) is 18.3 Å². The van der Waals surface area contributed by atoms with Gasteiger partial charge in [0.25, 0.3) is 5.56 Å². The van der Waals surface area contributed by atoms with Crippen molar-refractivity contribution in [2.75, 3.05) is 0 Å². The lowest BCUT2D eigenvalue weighted by atomic mass is 10.0. The summed E-state index contributed by atoms with van der Waals surface area (Å²) in [4.78, 5) is 46.6. The van der Waals surface area contributed by atoms with Crippen molar-refractivity contribution in [1.82, 2.24) is 9.27 Å². The lowest BCUT2D eigenvalue weighted by Crippen LogP contribution is -2.51. The zero-order chi connectivity index (χ0) is 30.3. The minimum Gasteiger partial charge on any atom is -0.475 e. The van der Waals surface area contributed by atoms with Crippen LogP contribution in [0.15, 0.2) is 65.5 Å². The standard InChI is InChI=1S/C25H30N4O3S.C2HF3O2/c1-25(2,3)29-22(30)15-21(33-29)18-11-9-17(10-12-18)14-20(23(27)31)28-24(32)19(26)13-16-7-5-4-6-8-16;3-2(4,5)1(6)7/h4-12,15,19-20H,13-14,26H2,1-3H3,(H2,27,31)(H,28,32);(H,6,7)/t19-,20-;/m0./s1. The van der Waals surface area contributed by atoms with E-state index in [1.54, 1.807) is 10.0 Å². The molecule has 0 bridgehead atoms. The Kier molecular flexibility index (Phi) is 10.8. The number of hydrogen-bond acceptors (Lipinski definition) is 6. The Hall–Kier alpha value is -3.97. The Morgan fingerprint density at radius 2 is 1.50 bits per heavy atom. The highest BCUT2D eigenvalue weighted by Crippen LogP contribution is 2.27. The SMILES string of the molecule is CC(C)(C)n1sc(-c2ccc(C[C@H](NC(=O)[C@@H](N)Cc3ccccc3)C(N)=O)cc2)cc1=O.O=C(O)C(F)(F)F. The molecule has 0 spiro atoms. The van der Waals surface area contributed by atoms with E-state index in [-0.39, 0.29) is 17.5 Å². The highest BCUT2D eigenvalue weighted by Gasteiger charge is 2.38. The molecule has 9 nitrogen and oxygen atoms in total. The normalized spacial score (nSPS) is 13.0. The number of primary amides is 1. The summed E-state index contributed by atoms with van der Waals surface area (Å²) < 4.78 is 33.5. The van der Waals surface area contributed by atoms with Crippen LogP contribution in [0.3, 0.4) is 0 Å². The number of hydrogen-bond donors (Lipinski definition) is 4. The summed E-state index contributed by atoms with van der Waals surface area (Å²) in [7, 11) is 0. The number of aromatic nitrogens is 1. The molecular formula is C27H31F3N4O5S. The zero-order valence-corrected chi connectivity index (χ0v) is 22.9. The number of aliphatic carboxylic acids is 1. The maximum absolute atomic E-state index is 12.5. The summed E-state index contributed by atoms with van der Waals surface area (Å²) >= 11 is 1.42. The fourth-order valence-electron chi connectivity index (χ4n) is 3.45. The van der Waals surface area contributed by atoms with Crippen molar-refractivity contribution in [3.05, 3.63) is 82.1 Å². The van der Waals surface area contributed by atoms with Gasteiger partial charge in [-0.25, -0.2) is 4.79 Å². The molecule has 2 atom stereocenters. The van der Waals surface area contributed by atoms with Crippen molar-refractivity contribution >= 4 is 29.3 Å². The number of carbonyl (C=O) groups excluding carboxylic acids is 2. The molecule has 2 aromatic carbocycles. The van der Waals surface area contributed by atoms with Gasteiger partial charge in [-0.05, 0) is 43.9 Å². The molecule has 0 aliphatic rings. The molecule has 3 aromatic rings. The largest absolute Gasteiger partial charge is 0.490 e. The van der Waals surface area contributed by atoms with Gasteiger partial charge in [0.1, 0.15) is 6.04 Å². The van der Waals surface area contributed by atoms with Crippen LogP contribution < -0.4 is 22.3 Å². The van der Waals surface area contributed by atoms with E-state index in [1.807, 2.05) is 75.4 Å². The molecule has 13 heteroatoms. The number of carboxylic acids is 1. The molecule has 40 heavy (non-hydrogen) atoms. The van der Waals surface area contributed by atoms with Gasteiger partial charge in [-0.2, -0.15) is 13.2 Å². The van der Waals surface area contributed by atoms with Crippen molar-refractivity contribution < 1.29 is 32.7 Å². The highest BCUT2D eigenvalue weighted by molar-refractivity contribution is 7.10. The number of nitrogens with zero attached hydrogens (tertiary/aromatic N) is 1. The molecule has 1 aromatic heterocycles. The first-order valence-corrected chi connectivity index (χ1v) is 12.8. The number of nitrogens with two attached hydrogens (primary N) is 2. The van der Waals surface area contributed by atoms with Crippen molar-refractivity contribution in [2.24, 2.45) is 11.5 Å².